The van der Waals surface area contributed by atoms with Crippen LogP contribution in [0.4, 0.5) is 16.3 Å². The van der Waals surface area contributed by atoms with Gasteiger partial charge in [-0.2, -0.15) is 0 Å². The number of carbonyl (C=O) groups excluding carboxylic acids is 1. The summed E-state index contributed by atoms with van der Waals surface area (Å²) in [7, 11) is 0. The second-order valence-electron chi connectivity index (χ2n) is 5.58. The lowest BCUT2D eigenvalue weighted by Gasteiger charge is -2.13. The summed E-state index contributed by atoms with van der Waals surface area (Å²) < 4.78 is 5.83. The molecule has 0 bridgehead atoms. The Balaban J connectivity index is 1.75. The van der Waals surface area contributed by atoms with Crippen molar-refractivity contribution in [1.82, 2.24) is 9.97 Å². The third-order valence-electron chi connectivity index (χ3n) is 3.41. The van der Waals surface area contributed by atoms with Gasteiger partial charge in [0.15, 0.2) is 5.75 Å². The Morgan fingerprint density at radius 3 is 2.44 bits per heavy atom. The van der Waals surface area contributed by atoms with E-state index in [1.54, 1.807) is 36.8 Å². The van der Waals surface area contributed by atoms with E-state index in [1.165, 1.54) is 0 Å². The molecule has 0 saturated carbocycles. The summed E-state index contributed by atoms with van der Waals surface area (Å²) >= 11 is 0. The summed E-state index contributed by atoms with van der Waals surface area (Å²) in [5, 5.41) is 5.51. The van der Waals surface area contributed by atoms with Crippen LogP contribution in [0.15, 0.2) is 61.1 Å². The first-order chi connectivity index (χ1) is 12.1. The second-order valence-corrected chi connectivity index (χ2v) is 5.58. The van der Waals surface area contributed by atoms with Gasteiger partial charge in [0.1, 0.15) is 11.6 Å². The highest BCUT2D eigenvalue weighted by molar-refractivity contribution is 6.00. The average Bonchev–Trinajstić information content (AvgIpc) is 2.60. The maximum atomic E-state index is 12.3. The zero-order valence-electron chi connectivity index (χ0n) is 14.0. The number of hydrogen-bond donors (Lipinski definition) is 2. The molecule has 3 rings (SSSR count). The van der Waals surface area contributed by atoms with Gasteiger partial charge in [0.2, 0.25) is 0 Å². The summed E-state index contributed by atoms with van der Waals surface area (Å²) in [4.78, 5) is 20.4. The number of aryl methyl sites for hydroxylation is 2. The van der Waals surface area contributed by atoms with E-state index in [4.69, 9.17) is 4.74 Å². The lowest BCUT2D eigenvalue weighted by atomic mass is 10.2. The van der Waals surface area contributed by atoms with E-state index in [2.05, 4.69) is 20.6 Å². The molecular weight excluding hydrogens is 316 g/mol. The van der Waals surface area contributed by atoms with Gasteiger partial charge in [0.05, 0.1) is 5.69 Å². The topological polar surface area (TPSA) is 76.1 Å². The molecule has 0 spiro atoms. The van der Waals surface area contributed by atoms with Crippen LogP contribution < -0.4 is 15.4 Å². The third kappa shape index (κ3) is 4.54. The SMILES string of the molecule is Cc1ccc(NC(=O)Nc2cc(C)ccc2Oc2ccncc2)nc1. The van der Waals surface area contributed by atoms with Crippen molar-refractivity contribution in [2.45, 2.75) is 13.8 Å². The Bertz CT molecular complexity index is 864. The van der Waals surface area contributed by atoms with Gasteiger partial charge in [-0.05, 0) is 55.3 Å². The Hall–Kier alpha value is -3.41. The molecule has 3 aromatic rings. The zero-order valence-corrected chi connectivity index (χ0v) is 14.0. The van der Waals surface area contributed by atoms with Crippen LogP contribution in [0.3, 0.4) is 0 Å². The maximum absolute atomic E-state index is 12.3. The van der Waals surface area contributed by atoms with Gasteiger partial charge in [0, 0.05) is 18.6 Å². The standard InChI is InChI=1S/C19H18N4O2/c1-13-3-5-17(25-15-7-9-20-10-8-15)16(11-13)22-19(24)23-18-6-4-14(2)12-21-18/h3-12H,1-2H3,(H2,21,22,23,24). The number of anilines is 2. The Morgan fingerprint density at radius 1 is 0.960 bits per heavy atom. The molecular formula is C19H18N4O2. The predicted octanol–water partition coefficient (Wildman–Crippen LogP) is 4.53. The molecule has 2 heterocycles. The molecule has 2 aromatic heterocycles. The average molecular weight is 334 g/mol. The summed E-state index contributed by atoms with van der Waals surface area (Å²) in [6, 6.07) is 12.3. The maximum Gasteiger partial charge on any atom is 0.324 e. The van der Waals surface area contributed by atoms with Crippen molar-refractivity contribution in [3.8, 4) is 11.5 Å². The minimum absolute atomic E-state index is 0.387. The highest BCUT2D eigenvalue weighted by Crippen LogP contribution is 2.30. The predicted molar refractivity (Wildman–Crippen MR) is 97.1 cm³/mol. The number of rotatable bonds is 4. The van der Waals surface area contributed by atoms with Gasteiger partial charge in [0.25, 0.3) is 0 Å². The van der Waals surface area contributed by atoms with Crippen molar-refractivity contribution >= 4 is 17.5 Å². The van der Waals surface area contributed by atoms with Crippen molar-refractivity contribution < 1.29 is 9.53 Å². The highest BCUT2D eigenvalue weighted by Gasteiger charge is 2.10. The van der Waals surface area contributed by atoms with Gasteiger partial charge in [-0.15, -0.1) is 0 Å². The van der Waals surface area contributed by atoms with Crippen LogP contribution in [-0.4, -0.2) is 16.0 Å². The number of aromatic nitrogens is 2. The molecule has 0 aliphatic carbocycles. The molecule has 1 aromatic carbocycles. The molecule has 6 nitrogen and oxygen atoms in total. The van der Waals surface area contributed by atoms with Crippen LogP contribution in [0.2, 0.25) is 0 Å². The fourth-order valence-corrected chi connectivity index (χ4v) is 2.18. The first-order valence-electron chi connectivity index (χ1n) is 7.79. The fraction of sp³-hybridized carbons (Fsp3) is 0.105. The lowest BCUT2D eigenvalue weighted by Crippen LogP contribution is -2.20. The van der Waals surface area contributed by atoms with Gasteiger partial charge in [-0.1, -0.05) is 12.1 Å². The number of ether oxygens (including phenoxy) is 1. The first-order valence-corrected chi connectivity index (χ1v) is 7.79. The normalized spacial score (nSPS) is 10.2. The number of nitrogens with one attached hydrogen (secondary N) is 2. The van der Waals surface area contributed by atoms with E-state index in [-0.39, 0.29) is 6.03 Å². The van der Waals surface area contributed by atoms with Crippen molar-refractivity contribution in [1.29, 1.82) is 0 Å². The largest absolute Gasteiger partial charge is 0.455 e. The Morgan fingerprint density at radius 2 is 1.72 bits per heavy atom. The highest BCUT2D eigenvalue weighted by atomic mass is 16.5. The van der Waals surface area contributed by atoms with Gasteiger partial charge in [-0.25, -0.2) is 9.78 Å². The van der Waals surface area contributed by atoms with E-state index < -0.39 is 0 Å². The van der Waals surface area contributed by atoms with Gasteiger partial charge in [-0.3, -0.25) is 10.3 Å². The summed E-state index contributed by atoms with van der Waals surface area (Å²) in [6.45, 7) is 3.88. The molecule has 0 aliphatic rings. The molecule has 2 amide bonds. The Kier molecular flexibility index (Phi) is 4.89. The molecule has 0 atom stereocenters. The van der Waals surface area contributed by atoms with E-state index in [0.29, 0.717) is 23.0 Å². The van der Waals surface area contributed by atoms with Crippen LogP contribution in [0.25, 0.3) is 0 Å². The third-order valence-corrected chi connectivity index (χ3v) is 3.41. The van der Waals surface area contributed by atoms with Crippen molar-refractivity contribution in [2.75, 3.05) is 10.6 Å². The molecule has 0 saturated heterocycles. The molecule has 2 N–H and O–H groups in total. The number of hydrogen-bond acceptors (Lipinski definition) is 4. The van der Waals surface area contributed by atoms with Gasteiger partial charge < -0.3 is 10.1 Å². The fourth-order valence-electron chi connectivity index (χ4n) is 2.18. The van der Waals surface area contributed by atoms with Crippen molar-refractivity contribution in [3.05, 3.63) is 72.2 Å². The molecule has 0 fully saturated rings. The number of amides is 2. The monoisotopic (exact) mass is 334 g/mol. The van der Waals surface area contributed by atoms with Crippen LogP contribution >= 0.6 is 0 Å². The van der Waals surface area contributed by atoms with E-state index in [9.17, 15) is 4.79 Å². The number of nitrogens with zero attached hydrogens (tertiary/aromatic N) is 2. The molecule has 0 aliphatic heterocycles. The number of pyridine rings is 2. The van der Waals surface area contributed by atoms with Crippen LogP contribution in [0.5, 0.6) is 11.5 Å². The van der Waals surface area contributed by atoms with E-state index >= 15 is 0 Å². The molecule has 25 heavy (non-hydrogen) atoms. The van der Waals surface area contributed by atoms with Crippen LogP contribution in [-0.2, 0) is 0 Å². The number of urea groups is 1. The lowest BCUT2D eigenvalue weighted by molar-refractivity contribution is 0.262. The van der Waals surface area contributed by atoms with Crippen molar-refractivity contribution in [3.63, 3.8) is 0 Å². The molecule has 0 radical (unpaired) electrons. The van der Waals surface area contributed by atoms with Crippen molar-refractivity contribution in [2.24, 2.45) is 0 Å². The minimum atomic E-state index is -0.387. The quantitative estimate of drug-likeness (QED) is 0.735. The number of benzene rings is 1. The smallest absolute Gasteiger partial charge is 0.324 e. The zero-order chi connectivity index (χ0) is 17.6. The Labute approximate surface area is 145 Å². The van der Waals surface area contributed by atoms with E-state index in [0.717, 1.165) is 11.1 Å². The number of carbonyl (C=O) groups is 1. The summed E-state index contributed by atoms with van der Waals surface area (Å²) in [5.41, 5.74) is 2.60. The van der Waals surface area contributed by atoms with Gasteiger partial charge >= 0.3 is 6.03 Å². The van der Waals surface area contributed by atoms with Crippen LogP contribution in [0.1, 0.15) is 11.1 Å². The molecule has 0 unspecified atom stereocenters. The first kappa shape index (κ1) is 16.4. The second kappa shape index (κ2) is 7.44. The molecule has 6 heteroatoms. The molecule has 126 valence electrons. The summed E-state index contributed by atoms with van der Waals surface area (Å²) in [6.07, 6.45) is 4.99. The minimum Gasteiger partial charge on any atom is -0.455 e. The van der Waals surface area contributed by atoms with E-state index in [1.807, 2.05) is 38.1 Å². The summed E-state index contributed by atoms with van der Waals surface area (Å²) in [5.74, 6) is 1.67. The van der Waals surface area contributed by atoms with Crippen LogP contribution in [0, 0.1) is 13.8 Å².